The monoisotopic (exact) mass is 358 g/mol. The molecule has 1 aliphatic rings. The Morgan fingerprint density at radius 1 is 0.880 bits per heavy atom. The number of hydrogen-bond acceptors (Lipinski definition) is 3. The highest BCUT2D eigenvalue weighted by Gasteiger charge is 2.22. The summed E-state index contributed by atoms with van der Waals surface area (Å²) in [6.45, 7) is 0. The first-order chi connectivity index (χ1) is 12.0. The van der Waals surface area contributed by atoms with Gasteiger partial charge in [0, 0.05) is 17.3 Å². The van der Waals surface area contributed by atoms with Crippen molar-refractivity contribution in [3.8, 4) is 0 Å². The van der Waals surface area contributed by atoms with Crippen LogP contribution in [0, 0.1) is 0 Å². The number of rotatable bonds is 5. The molecule has 0 aromatic heterocycles. The first-order valence-electron chi connectivity index (χ1n) is 8.53. The zero-order chi connectivity index (χ0) is 17.7. The Labute approximate surface area is 148 Å². The Bertz CT molecular complexity index is 812. The molecule has 0 aliphatic heterocycles. The van der Waals surface area contributed by atoms with Crippen molar-refractivity contribution in [3.63, 3.8) is 0 Å². The lowest BCUT2D eigenvalue weighted by Crippen LogP contribution is -2.36. The summed E-state index contributed by atoms with van der Waals surface area (Å²) < 4.78 is 27.7. The van der Waals surface area contributed by atoms with Crippen LogP contribution in [-0.4, -0.2) is 20.4 Å². The summed E-state index contributed by atoms with van der Waals surface area (Å²) in [5, 5.41) is 2.78. The number of benzene rings is 2. The van der Waals surface area contributed by atoms with Gasteiger partial charge in [-0.2, -0.15) is 0 Å². The predicted molar refractivity (Wildman–Crippen MR) is 98.0 cm³/mol. The normalized spacial score (nSPS) is 15.7. The Morgan fingerprint density at radius 3 is 2.16 bits per heavy atom. The predicted octanol–water partition coefficient (Wildman–Crippen LogP) is 3.55. The molecule has 0 saturated heterocycles. The van der Waals surface area contributed by atoms with Gasteiger partial charge in [0.05, 0.1) is 4.90 Å². The molecule has 1 amide bonds. The van der Waals surface area contributed by atoms with Gasteiger partial charge in [0.2, 0.25) is 10.0 Å². The van der Waals surface area contributed by atoms with Gasteiger partial charge < -0.3 is 5.32 Å². The second kappa shape index (κ2) is 7.80. The second-order valence-electron chi connectivity index (χ2n) is 6.30. The highest BCUT2D eigenvalue weighted by molar-refractivity contribution is 7.89. The average molecular weight is 358 g/mol. The van der Waals surface area contributed by atoms with Crippen LogP contribution in [0.1, 0.15) is 42.5 Å². The van der Waals surface area contributed by atoms with Gasteiger partial charge in [-0.25, -0.2) is 13.1 Å². The van der Waals surface area contributed by atoms with E-state index >= 15 is 0 Å². The van der Waals surface area contributed by atoms with Gasteiger partial charge in [-0.1, -0.05) is 37.5 Å². The van der Waals surface area contributed by atoms with Crippen LogP contribution in [0.5, 0.6) is 0 Å². The lowest BCUT2D eigenvalue weighted by Gasteiger charge is -2.22. The van der Waals surface area contributed by atoms with Crippen LogP contribution in [0.2, 0.25) is 0 Å². The smallest absolute Gasteiger partial charge is 0.255 e. The Kier molecular flexibility index (Phi) is 5.50. The SMILES string of the molecule is O=C(Nc1ccccc1)c1ccc(S(=O)(=O)NC2CCCCC2)cc1. The number of amides is 1. The fourth-order valence-corrected chi connectivity index (χ4v) is 4.32. The summed E-state index contributed by atoms with van der Waals surface area (Å²) in [6.07, 6.45) is 5.06. The van der Waals surface area contributed by atoms with Gasteiger partial charge in [0.1, 0.15) is 0 Å². The van der Waals surface area contributed by atoms with Crippen LogP contribution in [0.25, 0.3) is 0 Å². The Balaban J connectivity index is 1.67. The molecule has 6 heteroatoms. The third-order valence-corrected chi connectivity index (χ3v) is 5.92. The molecule has 0 radical (unpaired) electrons. The third-order valence-electron chi connectivity index (χ3n) is 4.39. The van der Waals surface area contributed by atoms with Crippen molar-refractivity contribution in [2.45, 2.75) is 43.0 Å². The molecule has 1 aliphatic carbocycles. The summed E-state index contributed by atoms with van der Waals surface area (Å²) in [5.41, 5.74) is 1.11. The average Bonchev–Trinajstić information content (AvgIpc) is 2.63. The van der Waals surface area contributed by atoms with Crippen molar-refractivity contribution < 1.29 is 13.2 Å². The quantitative estimate of drug-likeness (QED) is 0.858. The fourth-order valence-electron chi connectivity index (χ4n) is 3.02. The van der Waals surface area contributed by atoms with Crippen LogP contribution >= 0.6 is 0 Å². The van der Waals surface area contributed by atoms with Gasteiger partial charge in [0.25, 0.3) is 5.91 Å². The van der Waals surface area contributed by atoms with E-state index in [2.05, 4.69) is 10.0 Å². The van der Waals surface area contributed by atoms with E-state index in [0.717, 1.165) is 25.7 Å². The standard InChI is InChI=1S/C19H22N2O3S/c22-19(20-16-7-3-1-4-8-16)15-11-13-18(14-12-15)25(23,24)21-17-9-5-2-6-10-17/h1,3-4,7-8,11-14,17,21H,2,5-6,9-10H2,(H,20,22). The number of anilines is 1. The van der Waals surface area contributed by atoms with Crippen LogP contribution in [0.4, 0.5) is 5.69 Å². The summed E-state index contributed by atoms with van der Waals surface area (Å²) in [6, 6.07) is 15.2. The minimum absolute atomic E-state index is 0.0137. The Hall–Kier alpha value is -2.18. The van der Waals surface area contributed by atoms with E-state index in [-0.39, 0.29) is 16.8 Å². The fraction of sp³-hybridized carbons (Fsp3) is 0.316. The largest absolute Gasteiger partial charge is 0.322 e. The molecule has 132 valence electrons. The van der Waals surface area contributed by atoms with Crippen molar-refractivity contribution >= 4 is 21.6 Å². The maximum atomic E-state index is 12.5. The maximum Gasteiger partial charge on any atom is 0.255 e. The zero-order valence-corrected chi connectivity index (χ0v) is 14.8. The van der Waals surface area contributed by atoms with E-state index in [1.165, 1.54) is 30.7 Å². The molecule has 2 aromatic rings. The van der Waals surface area contributed by atoms with Crippen LogP contribution < -0.4 is 10.0 Å². The van der Waals surface area contributed by atoms with Crippen LogP contribution in [0.3, 0.4) is 0 Å². The van der Waals surface area contributed by atoms with E-state index in [1.807, 2.05) is 18.2 Å². The number of carbonyl (C=O) groups is 1. The van der Waals surface area contributed by atoms with Crippen LogP contribution in [0.15, 0.2) is 59.5 Å². The van der Waals surface area contributed by atoms with Gasteiger partial charge in [-0.15, -0.1) is 0 Å². The number of nitrogens with one attached hydrogen (secondary N) is 2. The Morgan fingerprint density at radius 2 is 1.52 bits per heavy atom. The molecule has 1 fully saturated rings. The summed E-state index contributed by atoms with van der Waals surface area (Å²) >= 11 is 0. The molecule has 3 rings (SSSR count). The van der Waals surface area contributed by atoms with Gasteiger partial charge in [0.15, 0.2) is 0 Å². The molecular weight excluding hydrogens is 336 g/mol. The van der Waals surface area contributed by atoms with Gasteiger partial charge in [-0.05, 0) is 49.2 Å². The van der Waals surface area contributed by atoms with E-state index in [0.29, 0.717) is 11.3 Å². The molecule has 0 heterocycles. The minimum Gasteiger partial charge on any atom is -0.322 e. The van der Waals surface area contributed by atoms with E-state index in [4.69, 9.17) is 0 Å². The molecule has 0 bridgehead atoms. The molecule has 1 saturated carbocycles. The van der Waals surface area contributed by atoms with Crippen molar-refractivity contribution in [3.05, 3.63) is 60.2 Å². The molecule has 0 spiro atoms. The summed E-state index contributed by atoms with van der Waals surface area (Å²) in [5.74, 6) is -0.268. The van der Waals surface area contributed by atoms with E-state index < -0.39 is 10.0 Å². The summed E-state index contributed by atoms with van der Waals surface area (Å²) in [7, 11) is -3.54. The van der Waals surface area contributed by atoms with E-state index in [1.54, 1.807) is 12.1 Å². The third kappa shape index (κ3) is 4.67. The maximum absolute atomic E-state index is 12.5. The highest BCUT2D eigenvalue weighted by Crippen LogP contribution is 2.20. The number of sulfonamides is 1. The second-order valence-corrected chi connectivity index (χ2v) is 8.01. The van der Waals surface area contributed by atoms with Crippen molar-refractivity contribution in [1.82, 2.24) is 4.72 Å². The zero-order valence-electron chi connectivity index (χ0n) is 13.9. The van der Waals surface area contributed by atoms with Crippen molar-refractivity contribution in [2.24, 2.45) is 0 Å². The molecule has 0 atom stereocenters. The van der Waals surface area contributed by atoms with Gasteiger partial charge in [-0.3, -0.25) is 4.79 Å². The topological polar surface area (TPSA) is 75.3 Å². The highest BCUT2D eigenvalue weighted by atomic mass is 32.2. The number of carbonyl (C=O) groups excluding carboxylic acids is 1. The first kappa shape index (κ1) is 17.6. The molecule has 2 aromatic carbocycles. The molecule has 5 nitrogen and oxygen atoms in total. The lowest BCUT2D eigenvalue weighted by atomic mass is 9.96. The van der Waals surface area contributed by atoms with Crippen molar-refractivity contribution in [1.29, 1.82) is 0 Å². The van der Waals surface area contributed by atoms with Crippen molar-refractivity contribution in [2.75, 3.05) is 5.32 Å². The molecule has 25 heavy (non-hydrogen) atoms. The van der Waals surface area contributed by atoms with Gasteiger partial charge >= 0.3 is 0 Å². The molecule has 2 N–H and O–H groups in total. The molecule has 0 unspecified atom stereocenters. The number of para-hydroxylation sites is 1. The lowest BCUT2D eigenvalue weighted by molar-refractivity contribution is 0.102. The van der Waals surface area contributed by atoms with Crippen LogP contribution in [-0.2, 0) is 10.0 Å². The number of hydrogen-bond donors (Lipinski definition) is 2. The minimum atomic E-state index is -3.54. The first-order valence-corrected chi connectivity index (χ1v) is 10.0. The van der Waals surface area contributed by atoms with E-state index in [9.17, 15) is 13.2 Å². The molecular formula is C19H22N2O3S. The summed E-state index contributed by atoms with van der Waals surface area (Å²) in [4.78, 5) is 12.4.